The van der Waals surface area contributed by atoms with Gasteiger partial charge in [0, 0.05) is 28.7 Å². The van der Waals surface area contributed by atoms with Gasteiger partial charge in [0.25, 0.3) is 0 Å². The molecule has 1 fully saturated rings. The quantitative estimate of drug-likeness (QED) is 0.842. The molecular formula is C15H20FNOS. The zero-order valence-electron chi connectivity index (χ0n) is 11.5. The summed E-state index contributed by atoms with van der Waals surface area (Å²) in [5.41, 5.74) is -0.366. The highest BCUT2D eigenvalue weighted by Gasteiger charge is 2.43. The molecule has 2 atom stereocenters. The van der Waals surface area contributed by atoms with Crippen LogP contribution in [-0.2, 0) is 5.67 Å². The van der Waals surface area contributed by atoms with Crippen LogP contribution >= 0.6 is 11.8 Å². The minimum atomic E-state index is -1.20. The molecule has 4 heteroatoms. The van der Waals surface area contributed by atoms with E-state index in [9.17, 15) is 0 Å². The number of hydrogen-bond donors (Lipinski definition) is 0. The van der Waals surface area contributed by atoms with Gasteiger partial charge in [0.15, 0.2) is 0 Å². The molecule has 0 radical (unpaired) electrons. The monoisotopic (exact) mass is 281 g/mol. The number of fused-ring (bicyclic) bond motifs is 1. The van der Waals surface area contributed by atoms with E-state index in [2.05, 4.69) is 11.9 Å². The van der Waals surface area contributed by atoms with Gasteiger partial charge in [-0.05, 0) is 44.6 Å². The SMILES string of the molecule is COc1ccc2c(c1)[C@@](F)(C[C@H]1CCCN1C)CS2. The van der Waals surface area contributed by atoms with Gasteiger partial charge in [0.05, 0.1) is 7.11 Å². The van der Waals surface area contributed by atoms with Gasteiger partial charge in [-0.1, -0.05) is 0 Å². The highest BCUT2D eigenvalue weighted by Crippen LogP contribution is 2.49. The van der Waals surface area contributed by atoms with Crippen molar-refractivity contribution in [2.45, 2.75) is 35.9 Å². The topological polar surface area (TPSA) is 12.5 Å². The van der Waals surface area contributed by atoms with Gasteiger partial charge in [0.1, 0.15) is 11.4 Å². The number of alkyl halides is 1. The zero-order chi connectivity index (χ0) is 13.5. The first-order valence-electron chi connectivity index (χ1n) is 6.83. The molecule has 104 valence electrons. The van der Waals surface area contributed by atoms with Crippen LogP contribution in [0, 0.1) is 0 Å². The Morgan fingerprint density at radius 1 is 1.53 bits per heavy atom. The van der Waals surface area contributed by atoms with Gasteiger partial charge in [-0.3, -0.25) is 0 Å². The first-order chi connectivity index (χ1) is 9.12. The van der Waals surface area contributed by atoms with Crippen LogP contribution in [0.15, 0.2) is 23.1 Å². The van der Waals surface area contributed by atoms with Gasteiger partial charge in [-0.2, -0.15) is 0 Å². The zero-order valence-corrected chi connectivity index (χ0v) is 12.3. The van der Waals surface area contributed by atoms with Gasteiger partial charge in [-0.25, -0.2) is 4.39 Å². The number of halogens is 1. The van der Waals surface area contributed by atoms with Gasteiger partial charge >= 0.3 is 0 Å². The molecule has 2 heterocycles. The van der Waals surface area contributed by atoms with E-state index in [1.807, 2.05) is 18.2 Å². The molecule has 0 bridgehead atoms. The van der Waals surface area contributed by atoms with E-state index in [1.165, 1.54) is 6.42 Å². The predicted molar refractivity (Wildman–Crippen MR) is 76.8 cm³/mol. The number of nitrogens with zero attached hydrogens (tertiary/aromatic N) is 1. The Morgan fingerprint density at radius 3 is 3.05 bits per heavy atom. The first kappa shape index (κ1) is 13.3. The summed E-state index contributed by atoms with van der Waals surface area (Å²) in [7, 11) is 3.74. The number of methoxy groups -OCH3 is 1. The summed E-state index contributed by atoms with van der Waals surface area (Å²) < 4.78 is 20.6. The fraction of sp³-hybridized carbons (Fsp3) is 0.600. The van der Waals surface area contributed by atoms with E-state index in [4.69, 9.17) is 4.74 Å². The summed E-state index contributed by atoms with van der Waals surface area (Å²) in [6, 6.07) is 6.16. The van der Waals surface area contributed by atoms with Crippen molar-refractivity contribution in [2.24, 2.45) is 0 Å². The summed E-state index contributed by atoms with van der Waals surface area (Å²) in [4.78, 5) is 3.37. The van der Waals surface area contributed by atoms with Crippen molar-refractivity contribution in [3.05, 3.63) is 23.8 Å². The number of thioether (sulfide) groups is 1. The average Bonchev–Trinajstić information content (AvgIpc) is 2.95. The van der Waals surface area contributed by atoms with Crippen molar-refractivity contribution < 1.29 is 9.13 Å². The van der Waals surface area contributed by atoms with E-state index >= 15 is 4.39 Å². The van der Waals surface area contributed by atoms with Crippen LogP contribution in [0.1, 0.15) is 24.8 Å². The second kappa shape index (κ2) is 4.98. The van der Waals surface area contributed by atoms with Crippen molar-refractivity contribution in [3.8, 4) is 5.75 Å². The van der Waals surface area contributed by atoms with E-state index < -0.39 is 5.67 Å². The molecule has 1 aromatic rings. The number of benzene rings is 1. The summed E-state index contributed by atoms with van der Waals surface area (Å²) >= 11 is 1.63. The minimum Gasteiger partial charge on any atom is -0.497 e. The summed E-state index contributed by atoms with van der Waals surface area (Å²) in [6.07, 6.45) is 2.91. The van der Waals surface area contributed by atoms with Crippen LogP contribution in [0.3, 0.4) is 0 Å². The second-order valence-corrected chi connectivity index (χ2v) is 6.61. The van der Waals surface area contributed by atoms with E-state index in [-0.39, 0.29) is 0 Å². The Kier molecular flexibility index (Phi) is 3.48. The Bertz CT molecular complexity index is 481. The maximum atomic E-state index is 15.3. The standard InChI is InChI=1S/C15H20FNOS/c1-17-7-3-4-11(17)9-15(16)10-19-14-6-5-12(18-2)8-13(14)15/h5-6,8,11H,3-4,7,9-10H2,1-2H3/t11-,15-/m1/s1. The Morgan fingerprint density at radius 2 is 2.37 bits per heavy atom. The largest absolute Gasteiger partial charge is 0.497 e. The summed E-state index contributed by atoms with van der Waals surface area (Å²) in [5.74, 6) is 1.29. The average molecular weight is 281 g/mol. The number of rotatable bonds is 3. The third-order valence-electron chi connectivity index (χ3n) is 4.36. The Hall–Kier alpha value is -0.740. The molecule has 19 heavy (non-hydrogen) atoms. The lowest BCUT2D eigenvalue weighted by Crippen LogP contribution is -2.33. The maximum absolute atomic E-state index is 15.3. The molecule has 1 saturated heterocycles. The lowest BCUT2D eigenvalue weighted by molar-refractivity contribution is 0.133. The molecule has 0 spiro atoms. The van der Waals surface area contributed by atoms with Crippen LogP contribution in [0.5, 0.6) is 5.75 Å². The molecule has 1 aromatic carbocycles. The normalized spacial score (nSPS) is 30.6. The molecule has 2 nitrogen and oxygen atoms in total. The van der Waals surface area contributed by atoms with Crippen LogP contribution in [-0.4, -0.2) is 37.4 Å². The van der Waals surface area contributed by atoms with Crippen LogP contribution in [0.4, 0.5) is 4.39 Å². The molecule has 0 aromatic heterocycles. The minimum absolute atomic E-state index is 0.378. The van der Waals surface area contributed by atoms with Crippen LogP contribution in [0.25, 0.3) is 0 Å². The number of ether oxygens (including phenoxy) is 1. The van der Waals surface area contributed by atoms with Crippen molar-refractivity contribution in [1.29, 1.82) is 0 Å². The van der Waals surface area contributed by atoms with Gasteiger partial charge in [0.2, 0.25) is 0 Å². The van der Waals surface area contributed by atoms with Crippen molar-refractivity contribution in [2.75, 3.05) is 26.5 Å². The third-order valence-corrected chi connectivity index (χ3v) is 5.63. The molecule has 0 amide bonds. The van der Waals surface area contributed by atoms with Crippen LogP contribution in [0.2, 0.25) is 0 Å². The van der Waals surface area contributed by atoms with Crippen molar-refractivity contribution in [3.63, 3.8) is 0 Å². The molecule has 3 rings (SSSR count). The third kappa shape index (κ3) is 2.36. The number of hydrogen-bond acceptors (Lipinski definition) is 3. The van der Waals surface area contributed by atoms with Crippen LogP contribution < -0.4 is 4.74 Å². The summed E-state index contributed by atoms with van der Waals surface area (Å²) in [6.45, 7) is 1.10. The molecule has 0 aliphatic carbocycles. The van der Waals surface area contributed by atoms with Gasteiger partial charge in [-0.15, -0.1) is 11.8 Å². The van der Waals surface area contributed by atoms with E-state index in [0.29, 0.717) is 18.2 Å². The molecule has 0 saturated carbocycles. The van der Waals surface area contributed by atoms with Crippen molar-refractivity contribution in [1.82, 2.24) is 4.90 Å². The second-order valence-electron chi connectivity index (χ2n) is 5.60. The number of likely N-dealkylation sites (tertiary alicyclic amines) is 1. The molecular weight excluding hydrogens is 261 g/mol. The molecule has 0 unspecified atom stereocenters. The highest BCUT2D eigenvalue weighted by molar-refractivity contribution is 7.99. The first-order valence-corrected chi connectivity index (χ1v) is 7.81. The molecule has 0 N–H and O–H groups in total. The fourth-order valence-electron chi connectivity index (χ4n) is 3.16. The smallest absolute Gasteiger partial charge is 0.148 e. The summed E-state index contributed by atoms with van der Waals surface area (Å²) in [5, 5.41) is 0. The molecule has 2 aliphatic rings. The fourth-order valence-corrected chi connectivity index (χ4v) is 4.38. The highest BCUT2D eigenvalue weighted by atomic mass is 32.2. The lowest BCUT2D eigenvalue weighted by atomic mass is 9.90. The van der Waals surface area contributed by atoms with E-state index in [0.717, 1.165) is 29.2 Å². The maximum Gasteiger partial charge on any atom is 0.148 e. The van der Waals surface area contributed by atoms with E-state index in [1.54, 1.807) is 18.9 Å². The Labute approximate surface area is 118 Å². The van der Waals surface area contributed by atoms with Crippen molar-refractivity contribution >= 4 is 11.8 Å². The van der Waals surface area contributed by atoms with Gasteiger partial charge < -0.3 is 9.64 Å². The predicted octanol–water partition coefficient (Wildman–Crippen LogP) is 3.45. The molecule has 2 aliphatic heterocycles. The lowest BCUT2D eigenvalue weighted by Gasteiger charge is -2.28. The Balaban J connectivity index is 1.86.